The third kappa shape index (κ3) is 5.89. The van der Waals surface area contributed by atoms with Crippen LogP contribution in [-0.4, -0.2) is 18.0 Å². The fraction of sp³-hybridized carbons (Fsp3) is 0.143. The first-order valence-corrected chi connectivity index (χ1v) is 9.15. The van der Waals surface area contributed by atoms with Crippen LogP contribution in [0, 0.1) is 0 Å². The van der Waals surface area contributed by atoms with Crippen LogP contribution in [0.25, 0.3) is 0 Å². The molecule has 1 heterocycles. The highest BCUT2D eigenvalue weighted by molar-refractivity contribution is 6.30. The highest BCUT2D eigenvalue weighted by Gasteiger charge is 2.21. The van der Waals surface area contributed by atoms with Gasteiger partial charge in [0.25, 0.3) is 0 Å². The van der Waals surface area contributed by atoms with E-state index >= 15 is 0 Å². The molecule has 3 N–H and O–H groups in total. The molecule has 144 valence electrons. The van der Waals surface area contributed by atoms with E-state index in [-0.39, 0.29) is 12.5 Å². The molecule has 3 amide bonds. The van der Waals surface area contributed by atoms with Gasteiger partial charge in [-0.05, 0) is 42.0 Å². The Balaban J connectivity index is 1.64. The van der Waals surface area contributed by atoms with Gasteiger partial charge in [-0.1, -0.05) is 41.9 Å². The number of urea groups is 1. The van der Waals surface area contributed by atoms with Crippen LogP contribution in [0.2, 0.25) is 5.02 Å². The number of amides is 3. The van der Waals surface area contributed by atoms with Crippen molar-refractivity contribution in [2.45, 2.75) is 19.0 Å². The van der Waals surface area contributed by atoms with Crippen molar-refractivity contribution in [2.75, 3.05) is 5.32 Å². The second-order valence-electron chi connectivity index (χ2n) is 6.14. The average Bonchev–Trinajstić information content (AvgIpc) is 3.22. The monoisotopic (exact) mass is 397 g/mol. The van der Waals surface area contributed by atoms with E-state index in [2.05, 4.69) is 16.0 Å². The second-order valence-corrected chi connectivity index (χ2v) is 6.58. The normalized spacial score (nSPS) is 11.5. The lowest BCUT2D eigenvalue weighted by atomic mass is 10.1. The summed E-state index contributed by atoms with van der Waals surface area (Å²) in [5, 5.41) is 8.80. The van der Waals surface area contributed by atoms with Crippen LogP contribution < -0.4 is 16.0 Å². The number of halogens is 1. The first-order chi connectivity index (χ1) is 13.6. The van der Waals surface area contributed by atoms with Gasteiger partial charge in [0.15, 0.2) is 0 Å². The van der Waals surface area contributed by atoms with Crippen molar-refractivity contribution in [3.05, 3.63) is 89.3 Å². The molecule has 0 aliphatic heterocycles. The molecule has 0 radical (unpaired) electrons. The molecule has 0 fully saturated rings. The van der Waals surface area contributed by atoms with Crippen molar-refractivity contribution in [2.24, 2.45) is 0 Å². The summed E-state index contributed by atoms with van der Waals surface area (Å²) >= 11 is 5.85. The minimum Gasteiger partial charge on any atom is -0.467 e. The van der Waals surface area contributed by atoms with Crippen LogP contribution in [0.4, 0.5) is 10.5 Å². The Morgan fingerprint density at radius 2 is 1.71 bits per heavy atom. The Kier molecular flexibility index (Phi) is 6.70. The lowest BCUT2D eigenvalue weighted by Gasteiger charge is -2.19. The molecule has 2 aromatic carbocycles. The SMILES string of the molecule is O=C(Nc1ccc(Cl)cc1)N[C@@H](Cc1ccccc1)C(=O)NCc1ccco1. The molecule has 0 unspecified atom stereocenters. The van der Waals surface area contributed by atoms with E-state index in [1.807, 2.05) is 30.3 Å². The molecule has 0 aliphatic rings. The van der Waals surface area contributed by atoms with Gasteiger partial charge < -0.3 is 20.4 Å². The summed E-state index contributed by atoms with van der Waals surface area (Å²) < 4.78 is 5.23. The fourth-order valence-electron chi connectivity index (χ4n) is 2.63. The van der Waals surface area contributed by atoms with Crippen molar-refractivity contribution in [3.8, 4) is 0 Å². The summed E-state index contributed by atoms with van der Waals surface area (Å²) in [4.78, 5) is 25.0. The van der Waals surface area contributed by atoms with Crippen LogP contribution in [0.5, 0.6) is 0 Å². The van der Waals surface area contributed by atoms with Crippen molar-refractivity contribution in [1.29, 1.82) is 0 Å². The molecule has 1 atom stereocenters. The van der Waals surface area contributed by atoms with Gasteiger partial charge in [-0.3, -0.25) is 4.79 Å². The van der Waals surface area contributed by atoms with Crippen LogP contribution in [0.3, 0.4) is 0 Å². The Labute approximate surface area is 167 Å². The minimum atomic E-state index is -0.746. The first kappa shape index (κ1) is 19.5. The van der Waals surface area contributed by atoms with Gasteiger partial charge in [-0.2, -0.15) is 0 Å². The number of carbonyl (C=O) groups excluding carboxylic acids is 2. The number of anilines is 1. The van der Waals surface area contributed by atoms with E-state index in [0.29, 0.717) is 22.9 Å². The van der Waals surface area contributed by atoms with Crippen molar-refractivity contribution in [3.63, 3.8) is 0 Å². The lowest BCUT2D eigenvalue weighted by molar-refractivity contribution is -0.123. The van der Waals surface area contributed by atoms with E-state index in [9.17, 15) is 9.59 Å². The number of hydrogen-bond acceptors (Lipinski definition) is 3. The predicted octanol–water partition coefficient (Wildman–Crippen LogP) is 3.98. The van der Waals surface area contributed by atoms with E-state index in [4.69, 9.17) is 16.0 Å². The van der Waals surface area contributed by atoms with Crippen LogP contribution in [-0.2, 0) is 17.8 Å². The Bertz CT molecular complexity index is 896. The molecule has 1 aromatic heterocycles. The van der Waals surface area contributed by atoms with Crippen molar-refractivity contribution < 1.29 is 14.0 Å². The second kappa shape index (κ2) is 9.62. The third-order valence-electron chi connectivity index (χ3n) is 4.02. The van der Waals surface area contributed by atoms with Crippen LogP contribution in [0.15, 0.2) is 77.4 Å². The molecule has 3 rings (SSSR count). The first-order valence-electron chi connectivity index (χ1n) is 8.77. The largest absolute Gasteiger partial charge is 0.467 e. The summed E-state index contributed by atoms with van der Waals surface area (Å²) in [6.07, 6.45) is 1.90. The number of rotatable bonds is 7. The Morgan fingerprint density at radius 1 is 0.964 bits per heavy atom. The van der Waals surface area contributed by atoms with Gasteiger partial charge in [0.05, 0.1) is 12.8 Å². The van der Waals surface area contributed by atoms with Gasteiger partial charge in [0, 0.05) is 17.1 Å². The van der Waals surface area contributed by atoms with Crippen molar-refractivity contribution >= 4 is 29.2 Å². The summed E-state index contributed by atoms with van der Waals surface area (Å²) in [7, 11) is 0. The predicted molar refractivity (Wildman–Crippen MR) is 108 cm³/mol. The molecule has 0 saturated heterocycles. The summed E-state index contributed by atoms with van der Waals surface area (Å²) in [5.74, 6) is 0.337. The molecule has 0 saturated carbocycles. The highest BCUT2D eigenvalue weighted by Crippen LogP contribution is 2.13. The zero-order chi connectivity index (χ0) is 19.8. The topological polar surface area (TPSA) is 83.4 Å². The van der Waals surface area contributed by atoms with E-state index < -0.39 is 12.1 Å². The number of benzene rings is 2. The maximum Gasteiger partial charge on any atom is 0.319 e. The van der Waals surface area contributed by atoms with Gasteiger partial charge in [-0.25, -0.2) is 4.79 Å². The molecule has 3 aromatic rings. The molecule has 28 heavy (non-hydrogen) atoms. The quantitative estimate of drug-likeness (QED) is 0.563. The summed E-state index contributed by atoms with van der Waals surface area (Å²) in [6.45, 7) is 0.248. The molecular formula is C21H20ClN3O3. The van der Waals surface area contributed by atoms with Gasteiger partial charge >= 0.3 is 6.03 Å². The van der Waals surface area contributed by atoms with Gasteiger partial charge in [0.2, 0.25) is 5.91 Å². The average molecular weight is 398 g/mol. The standard InChI is InChI=1S/C21H20ClN3O3/c22-16-8-10-17(11-9-16)24-21(27)25-19(13-15-5-2-1-3-6-15)20(26)23-14-18-7-4-12-28-18/h1-12,19H,13-14H2,(H,23,26)(H2,24,25,27)/t19-/m0/s1. The summed E-state index contributed by atoms with van der Waals surface area (Å²) in [5.41, 5.74) is 1.52. The van der Waals surface area contributed by atoms with E-state index in [1.165, 1.54) is 0 Å². The van der Waals surface area contributed by atoms with E-state index in [1.54, 1.807) is 42.7 Å². The van der Waals surface area contributed by atoms with Crippen LogP contribution in [0.1, 0.15) is 11.3 Å². The maximum atomic E-state index is 12.7. The molecule has 0 bridgehead atoms. The van der Waals surface area contributed by atoms with Crippen molar-refractivity contribution in [1.82, 2.24) is 10.6 Å². The number of carbonyl (C=O) groups is 2. The fourth-order valence-corrected chi connectivity index (χ4v) is 2.75. The van der Waals surface area contributed by atoms with Crippen LogP contribution >= 0.6 is 11.6 Å². The smallest absolute Gasteiger partial charge is 0.319 e. The van der Waals surface area contributed by atoms with Gasteiger partial charge in [-0.15, -0.1) is 0 Å². The lowest BCUT2D eigenvalue weighted by Crippen LogP contribution is -2.49. The molecule has 7 heteroatoms. The molecule has 0 aliphatic carbocycles. The third-order valence-corrected chi connectivity index (χ3v) is 4.28. The Morgan fingerprint density at radius 3 is 2.39 bits per heavy atom. The Hall–Kier alpha value is -3.25. The highest BCUT2D eigenvalue weighted by atomic mass is 35.5. The molecule has 6 nitrogen and oxygen atoms in total. The maximum absolute atomic E-state index is 12.7. The minimum absolute atomic E-state index is 0.248. The number of hydrogen-bond donors (Lipinski definition) is 3. The van der Waals surface area contributed by atoms with Gasteiger partial charge in [0.1, 0.15) is 11.8 Å². The zero-order valence-electron chi connectivity index (χ0n) is 15.0. The zero-order valence-corrected chi connectivity index (χ0v) is 15.8. The van der Waals surface area contributed by atoms with E-state index in [0.717, 1.165) is 5.56 Å². The summed E-state index contributed by atoms with van der Waals surface area (Å²) in [6, 6.07) is 18.5. The molecule has 0 spiro atoms. The molecular weight excluding hydrogens is 378 g/mol. The number of nitrogens with one attached hydrogen (secondary N) is 3. The number of furan rings is 1.